The minimum atomic E-state index is -0.293. The third-order valence-electron chi connectivity index (χ3n) is 2.33. The molecule has 6 heteroatoms. The van der Waals surface area contributed by atoms with Crippen molar-refractivity contribution in [3.8, 4) is 5.75 Å². The van der Waals surface area contributed by atoms with Gasteiger partial charge in [-0.15, -0.1) is 10.2 Å². The van der Waals surface area contributed by atoms with Crippen molar-refractivity contribution in [2.75, 3.05) is 5.32 Å². The van der Waals surface area contributed by atoms with Gasteiger partial charge < -0.3 is 10.4 Å². The molecule has 1 aromatic carbocycles. The molecule has 6 nitrogen and oxygen atoms in total. The molecule has 0 aliphatic carbocycles. The van der Waals surface area contributed by atoms with Gasteiger partial charge >= 0.3 is 0 Å². The molecule has 0 bridgehead atoms. The molecule has 0 amide bonds. The van der Waals surface area contributed by atoms with E-state index in [0.717, 1.165) is 5.56 Å². The van der Waals surface area contributed by atoms with Crippen LogP contribution in [0.25, 0.3) is 0 Å². The first-order chi connectivity index (χ1) is 8.06. The van der Waals surface area contributed by atoms with Crippen molar-refractivity contribution >= 4 is 11.6 Å². The molecule has 0 atom stereocenters. The highest BCUT2D eigenvalue weighted by Crippen LogP contribution is 2.22. The lowest BCUT2D eigenvalue weighted by atomic mass is 10.2. The molecular weight excluding hydrogens is 220 g/mol. The molecule has 0 aliphatic rings. The molecule has 88 valence electrons. The molecule has 0 spiro atoms. The standard InChI is InChI=1S/C11H12N4O2/c1-6-3-4-8(5-9(6)16)12-11-13-10(17)7(2)14-15-11/h3-5,16H,1-2H3,(H2,12,13,15,17). The van der Waals surface area contributed by atoms with E-state index in [9.17, 15) is 9.90 Å². The molecular formula is C11H12N4O2. The number of H-pyrrole nitrogens is 1. The Morgan fingerprint density at radius 2 is 2.06 bits per heavy atom. The number of hydrogen-bond donors (Lipinski definition) is 3. The summed E-state index contributed by atoms with van der Waals surface area (Å²) in [6, 6.07) is 5.08. The fraction of sp³-hybridized carbons (Fsp3) is 0.182. The van der Waals surface area contributed by atoms with Gasteiger partial charge in [-0.1, -0.05) is 6.07 Å². The summed E-state index contributed by atoms with van der Waals surface area (Å²) >= 11 is 0. The fourth-order valence-corrected chi connectivity index (χ4v) is 1.27. The summed E-state index contributed by atoms with van der Waals surface area (Å²) in [4.78, 5) is 13.8. The predicted molar refractivity (Wildman–Crippen MR) is 63.5 cm³/mol. The molecule has 0 saturated heterocycles. The van der Waals surface area contributed by atoms with E-state index in [2.05, 4.69) is 20.5 Å². The fourth-order valence-electron chi connectivity index (χ4n) is 1.27. The van der Waals surface area contributed by atoms with Crippen LogP contribution in [0.3, 0.4) is 0 Å². The summed E-state index contributed by atoms with van der Waals surface area (Å²) in [5.41, 5.74) is 1.42. The number of hydrogen-bond acceptors (Lipinski definition) is 5. The lowest BCUT2D eigenvalue weighted by Crippen LogP contribution is -2.15. The van der Waals surface area contributed by atoms with Gasteiger partial charge in [0.1, 0.15) is 11.4 Å². The number of benzene rings is 1. The number of aromatic nitrogens is 3. The first-order valence-electron chi connectivity index (χ1n) is 5.06. The second-order valence-electron chi connectivity index (χ2n) is 3.71. The summed E-state index contributed by atoms with van der Waals surface area (Å²) in [5.74, 6) is 0.418. The molecule has 0 aliphatic heterocycles. The van der Waals surface area contributed by atoms with Gasteiger partial charge in [0.2, 0.25) is 5.95 Å². The smallest absolute Gasteiger partial charge is 0.273 e. The van der Waals surface area contributed by atoms with Crippen molar-refractivity contribution in [1.29, 1.82) is 0 Å². The normalized spacial score (nSPS) is 10.2. The van der Waals surface area contributed by atoms with E-state index in [1.807, 2.05) is 0 Å². The largest absolute Gasteiger partial charge is 0.508 e. The highest BCUT2D eigenvalue weighted by molar-refractivity contribution is 5.56. The minimum absolute atomic E-state index is 0.178. The van der Waals surface area contributed by atoms with Crippen LogP contribution in [-0.4, -0.2) is 20.3 Å². The second-order valence-corrected chi connectivity index (χ2v) is 3.71. The zero-order valence-corrected chi connectivity index (χ0v) is 9.48. The summed E-state index contributed by atoms with van der Waals surface area (Å²) in [5, 5.41) is 19.9. The maximum absolute atomic E-state index is 11.3. The van der Waals surface area contributed by atoms with E-state index < -0.39 is 0 Å². The van der Waals surface area contributed by atoms with Gasteiger partial charge in [0.25, 0.3) is 5.56 Å². The summed E-state index contributed by atoms with van der Waals surface area (Å²) in [7, 11) is 0. The maximum atomic E-state index is 11.3. The van der Waals surface area contributed by atoms with Gasteiger partial charge in [-0.2, -0.15) is 0 Å². The van der Waals surface area contributed by atoms with Crippen LogP contribution in [0.1, 0.15) is 11.3 Å². The number of aromatic amines is 1. The SMILES string of the molecule is Cc1ccc(Nc2nnc(C)c(=O)[nH]2)cc1O. The number of phenolic OH excluding ortho intramolecular Hbond substituents is 1. The second kappa shape index (κ2) is 4.25. The third kappa shape index (κ3) is 2.41. The first-order valence-corrected chi connectivity index (χ1v) is 5.06. The highest BCUT2D eigenvalue weighted by Gasteiger charge is 2.02. The van der Waals surface area contributed by atoms with Crippen molar-refractivity contribution in [2.24, 2.45) is 0 Å². The Morgan fingerprint density at radius 3 is 2.71 bits per heavy atom. The summed E-state index contributed by atoms with van der Waals surface area (Å²) in [6.45, 7) is 3.37. The van der Waals surface area contributed by atoms with Crippen LogP contribution in [0.5, 0.6) is 5.75 Å². The Bertz CT molecular complexity index is 607. The quantitative estimate of drug-likeness (QED) is 0.724. The Morgan fingerprint density at radius 1 is 1.29 bits per heavy atom. The monoisotopic (exact) mass is 232 g/mol. The number of aryl methyl sites for hydroxylation is 2. The van der Waals surface area contributed by atoms with Crippen LogP contribution in [0.15, 0.2) is 23.0 Å². The number of anilines is 2. The molecule has 2 aromatic rings. The van der Waals surface area contributed by atoms with E-state index >= 15 is 0 Å². The Balaban J connectivity index is 2.28. The molecule has 1 aromatic heterocycles. The van der Waals surface area contributed by atoms with Gasteiger partial charge in [0.15, 0.2) is 0 Å². The van der Waals surface area contributed by atoms with E-state index in [0.29, 0.717) is 11.4 Å². The molecule has 0 fully saturated rings. The van der Waals surface area contributed by atoms with Gasteiger partial charge in [-0.25, -0.2) is 0 Å². The van der Waals surface area contributed by atoms with E-state index in [1.54, 1.807) is 32.0 Å². The number of rotatable bonds is 2. The number of nitrogens with zero attached hydrogens (tertiary/aromatic N) is 2. The summed E-state index contributed by atoms with van der Waals surface area (Å²) in [6.07, 6.45) is 0. The summed E-state index contributed by atoms with van der Waals surface area (Å²) < 4.78 is 0. The van der Waals surface area contributed by atoms with E-state index in [-0.39, 0.29) is 17.3 Å². The number of aromatic hydroxyl groups is 1. The minimum Gasteiger partial charge on any atom is -0.508 e. The van der Waals surface area contributed by atoms with E-state index in [1.165, 1.54) is 0 Å². The number of phenols is 1. The van der Waals surface area contributed by atoms with Gasteiger partial charge in [0.05, 0.1) is 0 Å². The van der Waals surface area contributed by atoms with Crippen LogP contribution in [0.2, 0.25) is 0 Å². The zero-order chi connectivity index (χ0) is 12.4. The lowest BCUT2D eigenvalue weighted by Gasteiger charge is -2.06. The highest BCUT2D eigenvalue weighted by atomic mass is 16.3. The van der Waals surface area contributed by atoms with Crippen molar-refractivity contribution < 1.29 is 5.11 Å². The van der Waals surface area contributed by atoms with Crippen molar-refractivity contribution in [3.63, 3.8) is 0 Å². The van der Waals surface area contributed by atoms with Crippen molar-refractivity contribution in [2.45, 2.75) is 13.8 Å². The lowest BCUT2D eigenvalue weighted by molar-refractivity contribution is 0.471. The Labute approximate surface area is 97.4 Å². The number of nitrogens with one attached hydrogen (secondary N) is 2. The predicted octanol–water partition coefficient (Wildman–Crippen LogP) is 1.23. The first kappa shape index (κ1) is 11.1. The van der Waals surface area contributed by atoms with Crippen LogP contribution in [0.4, 0.5) is 11.6 Å². The third-order valence-corrected chi connectivity index (χ3v) is 2.33. The molecule has 0 radical (unpaired) electrons. The van der Waals surface area contributed by atoms with Crippen LogP contribution in [-0.2, 0) is 0 Å². The van der Waals surface area contributed by atoms with Crippen molar-refractivity contribution in [1.82, 2.24) is 15.2 Å². The topological polar surface area (TPSA) is 90.9 Å². The molecule has 1 heterocycles. The molecule has 0 saturated carbocycles. The maximum Gasteiger partial charge on any atom is 0.273 e. The van der Waals surface area contributed by atoms with Gasteiger partial charge in [0, 0.05) is 11.8 Å². The van der Waals surface area contributed by atoms with Gasteiger partial charge in [-0.3, -0.25) is 9.78 Å². The van der Waals surface area contributed by atoms with Crippen LogP contribution >= 0.6 is 0 Å². The average Bonchev–Trinajstić information content (AvgIpc) is 2.29. The molecule has 17 heavy (non-hydrogen) atoms. The molecule has 3 N–H and O–H groups in total. The van der Waals surface area contributed by atoms with Gasteiger partial charge in [-0.05, 0) is 25.5 Å². The van der Waals surface area contributed by atoms with Crippen LogP contribution in [0, 0.1) is 13.8 Å². The van der Waals surface area contributed by atoms with E-state index in [4.69, 9.17) is 0 Å². The van der Waals surface area contributed by atoms with Crippen molar-refractivity contribution in [3.05, 3.63) is 39.8 Å². The molecule has 0 unspecified atom stereocenters. The Kier molecular flexibility index (Phi) is 2.78. The Hall–Kier alpha value is -2.37. The average molecular weight is 232 g/mol. The molecule has 2 rings (SSSR count). The zero-order valence-electron chi connectivity index (χ0n) is 9.48. The van der Waals surface area contributed by atoms with Crippen LogP contribution < -0.4 is 10.9 Å².